The van der Waals surface area contributed by atoms with E-state index >= 15 is 0 Å². The number of hydrogen-bond donors (Lipinski definition) is 1. The number of thioether (sulfide) groups is 1. The number of amides is 3. The Labute approximate surface area is 238 Å². The van der Waals surface area contributed by atoms with E-state index in [0.29, 0.717) is 26.1 Å². The highest BCUT2D eigenvalue weighted by Crippen LogP contribution is 2.68. The number of halogens is 1. The molecule has 1 spiro atoms. The van der Waals surface area contributed by atoms with Crippen LogP contribution in [-0.4, -0.2) is 86.3 Å². The normalized spacial score (nSPS) is 29.3. The molecule has 206 valence electrons. The van der Waals surface area contributed by atoms with Gasteiger partial charge in [-0.2, -0.15) is 0 Å². The van der Waals surface area contributed by atoms with Gasteiger partial charge in [0.25, 0.3) is 5.91 Å². The fraction of sp³-hybridized carbons (Fsp3) is 0.552. The molecule has 3 heterocycles. The number of likely N-dealkylation sites (tertiary alicyclic amines) is 1. The number of aliphatic hydroxyl groups excluding tert-OH is 1. The summed E-state index contributed by atoms with van der Waals surface area (Å²) in [6.45, 7) is 14.8. The molecule has 0 aromatic heterocycles. The Morgan fingerprint density at radius 3 is 2.45 bits per heavy atom. The molecule has 1 aromatic rings. The highest BCUT2D eigenvalue weighted by molar-refractivity contribution is 9.09. The van der Waals surface area contributed by atoms with Gasteiger partial charge in [-0.25, -0.2) is 0 Å². The van der Waals surface area contributed by atoms with Gasteiger partial charge < -0.3 is 19.8 Å². The molecule has 0 radical (unpaired) electrons. The Morgan fingerprint density at radius 1 is 1.21 bits per heavy atom. The maximum absolute atomic E-state index is 14.6. The molecule has 1 aromatic carbocycles. The zero-order valence-electron chi connectivity index (χ0n) is 22.4. The van der Waals surface area contributed by atoms with Gasteiger partial charge in [0.2, 0.25) is 11.8 Å². The number of carbonyl (C=O) groups is 3. The van der Waals surface area contributed by atoms with Gasteiger partial charge in [0.05, 0.1) is 23.2 Å². The number of benzene rings is 1. The predicted octanol–water partition coefficient (Wildman–Crippen LogP) is 3.70. The molecule has 3 fully saturated rings. The first-order chi connectivity index (χ1) is 18.2. The number of anilines is 1. The van der Waals surface area contributed by atoms with Gasteiger partial charge in [-0.3, -0.25) is 14.4 Å². The van der Waals surface area contributed by atoms with Crippen molar-refractivity contribution in [3.8, 4) is 0 Å². The van der Waals surface area contributed by atoms with Gasteiger partial charge in [-0.05, 0) is 37.8 Å². The summed E-state index contributed by atoms with van der Waals surface area (Å²) in [5.74, 6) is -1.61. The van der Waals surface area contributed by atoms with Crippen LogP contribution in [0.25, 0.3) is 0 Å². The first kappa shape index (κ1) is 28.9. The van der Waals surface area contributed by atoms with E-state index in [4.69, 9.17) is 0 Å². The lowest BCUT2D eigenvalue weighted by Crippen LogP contribution is -2.56. The fourth-order valence-corrected chi connectivity index (χ4v) is 10.4. The second-order valence-electron chi connectivity index (χ2n) is 10.5. The second kappa shape index (κ2) is 11.6. The van der Waals surface area contributed by atoms with Crippen LogP contribution in [0.4, 0.5) is 5.69 Å². The molecule has 2 bridgehead atoms. The van der Waals surface area contributed by atoms with Crippen molar-refractivity contribution in [2.75, 3.05) is 37.7 Å². The summed E-state index contributed by atoms with van der Waals surface area (Å²) in [4.78, 5) is 47.7. The fourth-order valence-electron chi connectivity index (χ4n) is 6.77. The first-order valence-corrected chi connectivity index (χ1v) is 15.1. The number of hydrogen-bond acceptors (Lipinski definition) is 5. The largest absolute Gasteiger partial charge is 0.395 e. The van der Waals surface area contributed by atoms with E-state index in [2.05, 4.69) is 29.1 Å². The van der Waals surface area contributed by atoms with Crippen LogP contribution in [0.2, 0.25) is 0 Å². The summed E-state index contributed by atoms with van der Waals surface area (Å²) >= 11 is 5.44. The van der Waals surface area contributed by atoms with Crippen LogP contribution in [0.1, 0.15) is 30.9 Å². The quantitative estimate of drug-likeness (QED) is 0.308. The van der Waals surface area contributed by atoms with Gasteiger partial charge in [-0.15, -0.1) is 24.9 Å². The number of aryl methyl sites for hydroxylation is 2. The van der Waals surface area contributed by atoms with Crippen LogP contribution >= 0.6 is 27.7 Å². The van der Waals surface area contributed by atoms with Crippen molar-refractivity contribution in [3.63, 3.8) is 0 Å². The average molecular weight is 605 g/mol. The Kier molecular flexibility index (Phi) is 8.79. The average Bonchev–Trinajstić information content (AvgIpc) is 3.46. The molecule has 0 saturated carbocycles. The molecule has 0 aliphatic carbocycles. The van der Waals surface area contributed by atoms with Gasteiger partial charge in [-0.1, -0.05) is 53.2 Å². The van der Waals surface area contributed by atoms with Crippen molar-refractivity contribution in [1.29, 1.82) is 0 Å². The van der Waals surface area contributed by atoms with Crippen LogP contribution in [-0.2, 0) is 14.4 Å². The number of nitrogens with zero attached hydrogens (tertiary/aromatic N) is 3. The number of fused-ring (bicyclic) bond motifs is 1. The molecule has 1 N–H and O–H groups in total. The standard InChI is InChI=1S/C29H38BrN3O4S/c1-6-12-31(13-7-2)26(35)21-22-27(36)33(15-16-34)25(29(22)17-20(30)24(21)38-29)28(37)32(14-8-3)23-18(4)10-9-11-19(23)5/h6,8-11,20-22,24-25,34H,1,3,7,12-17H2,2,4-5H3/t20?,21-,22-,24-,25?,29?/m0/s1. The van der Waals surface area contributed by atoms with Crippen LogP contribution in [0.3, 0.4) is 0 Å². The third-order valence-corrected chi connectivity index (χ3v) is 11.3. The zero-order valence-corrected chi connectivity index (χ0v) is 24.8. The van der Waals surface area contributed by atoms with E-state index in [9.17, 15) is 19.5 Å². The molecular formula is C29H38BrN3O4S. The molecule has 4 rings (SSSR count). The van der Waals surface area contributed by atoms with Crippen LogP contribution in [0, 0.1) is 25.7 Å². The van der Waals surface area contributed by atoms with E-state index in [1.165, 1.54) is 0 Å². The van der Waals surface area contributed by atoms with Gasteiger partial charge in [0.15, 0.2) is 0 Å². The lowest BCUT2D eigenvalue weighted by atomic mass is 9.70. The molecule has 7 nitrogen and oxygen atoms in total. The molecule has 3 amide bonds. The number of β-amino-alcohol motifs (C(OH)–C–C–N with tert-alkyl or cyclic N) is 1. The van der Waals surface area contributed by atoms with Gasteiger partial charge >= 0.3 is 0 Å². The zero-order chi connectivity index (χ0) is 27.8. The molecule has 3 aliphatic heterocycles. The molecule has 3 unspecified atom stereocenters. The highest BCUT2D eigenvalue weighted by Gasteiger charge is 2.76. The molecular weight excluding hydrogens is 566 g/mol. The smallest absolute Gasteiger partial charge is 0.251 e. The minimum Gasteiger partial charge on any atom is -0.395 e. The van der Waals surface area contributed by atoms with Crippen LogP contribution in [0.15, 0.2) is 43.5 Å². The topological polar surface area (TPSA) is 81.2 Å². The summed E-state index contributed by atoms with van der Waals surface area (Å²) in [7, 11) is 0. The second-order valence-corrected chi connectivity index (χ2v) is 13.2. The lowest BCUT2D eigenvalue weighted by molar-refractivity contribution is -0.144. The molecule has 38 heavy (non-hydrogen) atoms. The van der Waals surface area contributed by atoms with Crippen molar-refractivity contribution in [2.24, 2.45) is 11.8 Å². The van der Waals surface area contributed by atoms with E-state index in [1.807, 2.05) is 39.0 Å². The van der Waals surface area contributed by atoms with Crippen molar-refractivity contribution >= 4 is 51.1 Å². The lowest BCUT2D eigenvalue weighted by Gasteiger charge is -2.39. The van der Waals surface area contributed by atoms with Crippen molar-refractivity contribution < 1.29 is 19.5 Å². The minimum atomic E-state index is -0.794. The third kappa shape index (κ3) is 4.54. The van der Waals surface area contributed by atoms with Crippen molar-refractivity contribution in [2.45, 2.75) is 54.5 Å². The first-order valence-electron chi connectivity index (χ1n) is 13.3. The monoisotopic (exact) mass is 603 g/mol. The Balaban J connectivity index is 1.81. The number of carbonyl (C=O) groups excluding carboxylic acids is 3. The predicted molar refractivity (Wildman–Crippen MR) is 157 cm³/mol. The van der Waals surface area contributed by atoms with Gasteiger partial charge in [0.1, 0.15) is 6.04 Å². The Bertz CT molecular complexity index is 1110. The van der Waals surface area contributed by atoms with Crippen LogP contribution in [0.5, 0.6) is 0 Å². The summed E-state index contributed by atoms with van der Waals surface area (Å²) in [6, 6.07) is 5.11. The Morgan fingerprint density at radius 2 is 1.87 bits per heavy atom. The highest BCUT2D eigenvalue weighted by atomic mass is 79.9. The number of aliphatic hydroxyl groups is 1. The van der Waals surface area contributed by atoms with Crippen molar-refractivity contribution in [3.05, 3.63) is 54.6 Å². The third-order valence-electron chi connectivity index (χ3n) is 8.09. The minimum absolute atomic E-state index is 0.00450. The number of para-hydroxylation sites is 1. The summed E-state index contributed by atoms with van der Waals surface area (Å²) in [5, 5.41) is 9.83. The maximum Gasteiger partial charge on any atom is 0.251 e. The van der Waals surface area contributed by atoms with Gasteiger partial charge in [0, 0.05) is 41.9 Å². The molecule has 3 aliphatic rings. The molecule has 9 heteroatoms. The van der Waals surface area contributed by atoms with Crippen LogP contribution < -0.4 is 4.90 Å². The Hall–Kier alpha value is -2.10. The van der Waals surface area contributed by atoms with Crippen molar-refractivity contribution in [1.82, 2.24) is 9.80 Å². The number of alkyl halides is 1. The summed E-state index contributed by atoms with van der Waals surface area (Å²) < 4.78 is -0.759. The summed E-state index contributed by atoms with van der Waals surface area (Å²) in [6.07, 6.45) is 4.82. The van der Waals surface area contributed by atoms with E-state index in [-0.39, 0.29) is 41.0 Å². The van der Waals surface area contributed by atoms with E-state index in [0.717, 1.165) is 23.2 Å². The van der Waals surface area contributed by atoms with E-state index < -0.39 is 22.6 Å². The molecule has 6 atom stereocenters. The summed E-state index contributed by atoms with van der Waals surface area (Å²) in [5.41, 5.74) is 2.73. The number of rotatable bonds is 11. The maximum atomic E-state index is 14.6. The SMILES string of the molecule is C=CCN(CCC)C(=O)[C@H]1[C@H]2C(=O)N(CCO)C(C(=O)N(CC=C)c3c(C)cccc3C)C23CC(Br)[C@@H]1S3. The van der Waals surface area contributed by atoms with E-state index in [1.54, 1.807) is 38.6 Å². The molecule has 3 saturated heterocycles.